The van der Waals surface area contributed by atoms with Gasteiger partial charge in [0.15, 0.2) is 0 Å². The number of alkyl halides is 2. The molecule has 0 aliphatic heterocycles. The zero-order valence-electron chi connectivity index (χ0n) is 8.20. The van der Waals surface area contributed by atoms with Crippen LogP contribution in [0, 0.1) is 11.3 Å². The maximum Gasteiger partial charge on any atom is 0.338 e. The van der Waals surface area contributed by atoms with Crippen LogP contribution in [-0.2, 0) is 4.74 Å². The van der Waals surface area contributed by atoms with Crippen LogP contribution in [-0.4, -0.2) is 13.1 Å². The van der Waals surface area contributed by atoms with Crippen LogP contribution in [0.1, 0.15) is 27.9 Å². The van der Waals surface area contributed by atoms with E-state index >= 15 is 0 Å². The summed E-state index contributed by atoms with van der Waals surface area (Å²) in [5.41, 5.74) is -0.859. The normalized spacial score (nSPS) is 10.0. The summed E-state index contributed by atoms with van der Waals surface area (Å²) in [6.07, 6.45) is -2.89. The number of halogens is 2. The van der Waals surface area contributed by atoms with Gasteiger partial charge in [-0.1, -0.05) is 0 Å². The highest BCUT2D eigenvalue weighted by molar-refractivity contribution is 7.80. The van der Waals surface area contributed by atoms with Crippen LogP contribution in [0.5, 0.6) is 0 Å². The fraction of sp³-hybridized carbons (Fsp3) is 0.200. The fourth-order valence-electron chi connectivity index (χ4n) is 1.21. The molecule has 0 saturated heterocycles. The van der Waals surface area contributed by atoms with Crippen LogP contribution in [0.2, 0.25) is 0 Å². The minimum atomic E-state index is -2.89. The molecule has 0 spiro atoms. The van der Waals surface area contributed by atoms with E-state index in [9.17, 15) is 13.6 Å². The van der Waals surface area contributed by atoms with E-state index in [1.54, 1.807) is 6.07 Å². The Balaban J connectivity index is 3.48. The third-order valence-electron chi connectivity index (χ3n) is 1.96. The van der Waals surface area contributed by atoms with Gasteiger partial charge in [0.05, 0.1) is 18.2 Å². The number of ether oxygens (including phenoxy) is 1. The van der Waals surface area contributed by atoms with E-state index in [-0.39, 0.29) is 16.0 Å². The van der Waals surface area contributed by atoms with Crippen molar-refractivity contribution in [3.8, 4) is 6.07 Å². The van der Waals surface area contributed by atoms with Gasteiger partial charge >= 0.3 is 5.97 Å². The van der Waals surface area contributed by atoms with Crippen molar-refractivity contribution in [3.05, 3.63) is 28.8 Å². The van der Waals surface area contributed by atoms with Gasteiger partial charge in [-0.25, -0.2) is 13.6 Å². The summed E-state index contributed by atoms with van der Waals surface area (Å²) in [4.78, 5) is 11.0. The van der Waals surface area contributed by atoms with Gasteiger partial charge < -0.3 is 4.74 Å². The Morgan fingerprint density at radius 2 is 2.19 bits per heavy atom. The number of esters is 1. The first-order chi connectivity index (χ1) is 7.52. The lowest BCUT2D eigenvalue weighted by molar-refractivity contribution is 0.0588. The highest BCUT2D eigenvalue weighted by Crippen LogP contribution is 2.31. The van der Waals surface area contributed by atoms with Gasteiger partial charge in [0.1, 0.15) is 6.07 Å². The van der Waals surface area contributed by atoms with Gasteiger partial charge in [0.25, 0.3) is 6.43 Å². The van der Waals surface area contributed by atoms with Gasteiger partial charge in [0, 0.05) is 10.5 Å². The molecule has 84 valence electrons. The third-order valence-corrected chi connectivity index (χ3v) is 2.44. The Labute approximate surface area is 96.0 Å². The van der Waals surface area contributed by atoms with Gasteiger partial charge in [-0.15, -0.1) is 12.6 Å². The number of hydrogen-bond donors (Lipinski definition) is 1. The molecule has 6 heteroatoms. The van der Waals surface area contributed by atoms with Crippen molar-refractivity contribution in [2.45, 2.75) is 11.3 Å². The number of benzene rings is 1. The van der Waals surface area contributed by atoms with Crippen LogP contribution in [0.15, 0.2) is 17.0 Å². The Bertz CT molecular complexity index is 469. The summed E-state index contributed by atoms with van der Waals surface area (Å²) in [5.74, 6) is -0.880. The van der Waals surface area contributed by atoms with Gasteiger partial charge in [0.2, 0.25) is 0 Å². The van der Waals surface area contributed by atoms with Crippen molar-refractivity contribution >= 4 is 18.6 Å². The highest BCUT2D eigenvalue weighted by atomic mass is 32.1. The maximum atomic E-state index is 12.7. The average Bonchev–Trinajstić information content (AvgIpc) is 2.26. The maximum absolute atomic E-state index is 12.7. The first-order valence-electron chi connectivity index (χ1n) is 4.15. The molecule has 0 aliphatic carbocycles. The molecule has 0 N–H and O–H groups in total. The minimum absolute atomic E-state index is 0.00807. The summed E-state index contributed by atoms with van der Waals surface area (Å²) in [5, 5.41) is 8.65. The summed E-state index contributed by atoms with van der Waals surface area (Å²) in [7, 11) is 1.09. The molecular formula is C10H7F2NO2S. The van der Waals surface area contributed by atoms with E-state index in [1.807, 2.05) is 0 Å². The van der Waals surface area contributed by atoms with E-state index < -0.39 is 18.0 Å². The second-order valence-electron chi connectivity index (χ2n) is 2.83. The number of nitriles is 1. The zero-order chi connectivity index (χ0) is 12.3. The molecule has 0 amide bonds. The number of methoxy groups -OCH3 is 1. The molecule has 0 saturated carbocycles. The van der Waals surface area contributed by atoms with Crippen molar-refractivity contribution in [2.75, 3.05) is 7.11 Å². The number of hydrogen-bond acceptors (Lipinski definition) is 4. The molecule has 0 aromatic heterocycles. The second-order valence-corrected chi connectivity index (χ2v) is 3.27. The Morgan fingerprint density at radius 1 is 1.56 bits per heavy atom. The fourth-order valence-corrected chi connectivity index (χ4v) is 1.55. The van der Waals surface area contributed by atoms with E-state index in [0.29, 0.717) is 0 Å². The van der Waals surface area contributed by atoms with E-state index in [2.05, 4.69) is 17.4 Å². The Morgan fingerprint density at radius 3 is 2.62 bits per heavy atom. The van der Waals surface area contributed by atoms with Crippen molar-refractivity contribution < 1.29 is 18.3 Å². The SMILES string of the molecule is COC(=O)c1ccc(C#N)c(S)c1C(F)F. The first kappa shape index (κ1) is 12.5. The summed E-state index contributed by atoms with van der Waals surface area (Å²) < 4.78 is 29.8. The van der Waals surface area contributed by atoms with Crippen LogP contribution in [0.3, 0.4) is 0 Å². The highest BCUT2D eigenvalue weighted by Gasteiger charge is 2.23. The molecule has 0 aliphatic rings. The largest absolute Gasteiger partial charge is 0.465 e. The predicted octanol–water partition coefficient (Wildman–Crippen LogP) is 2.57. The van der Waals surface area contributed by atoms with Gasteiger partial charge in [-0.05, 0) is 12.1 Å². The van der Waals surface area contributed by atoms with Crippen LogP contribution >= 0.6 is 12.6 Å². The monoisotopic (exact) mass is 243 g/mol. The molecular weight excluding hydrogens is 236 g/mol. The van der Waals surface area contributed by atoms with Gasteiger partial charge in [-0.2, -0.15) is 5.26 Å². The minimum Gasteiger partial charge on any atom is -0.465 e. The molecule has 1 aromatic rings. The van der Waals surface area contributed by atoms with Crippen molar-refractivity contribution in [1.82, 2.24) is 0 Å². The third kappa shape index (κ3) is 2.14. The molecule has 0 heterocycles. The standard InChI is InChI=1S/C10H7F2NO2S/c1-15-10(14)6-3-2-5(4-13)8(16)7(6)9(11)12/h2-3,9,16H,1H3. The second kappa shape index (κ2) is 4.94. The molecule has 0 atom stereocenters. The summed E-state index contributed by atoms with van der Waals surface area (Å²) in [6, 6.07) is 4.09. The lowest BCUT2D eigenvalue weighted by atomic mass is 10.0. The number of thiol groups is 1. The lowest BCUT2D eigenvalue weighted by Gasteiger charge is -2.10. The zero-order valence-corrected chi connectivity index (χ0v) is 9.09. The smallest absolute Gasteiger partial charge is 0.338 e. The lowest BCUT2D eigenvalue weighted by Crippen LogP contribution is -2.07. The molecule has 0 unspecified atom stereocenters. The van der Waals surface area contributed by atoms with E-state index in [1.165, 1.54) is 6.07 Å². The molecule has 1 rings (SSSR count). The molecule has 0 radical (unpaired) electrons. The van der Waals surface area contributed by atoms with Crippen LogP contribution < -0.4 is 0 Å². The van der Waals surface area contributed by atoms with Crippen LogP contribution in [0.4, 0.5) is 8.78 Å². The summed E-state index contributed by atoms with van der Waals surface area (Å²) in [6.45, 7) is 0. The molecule has 0 bridgehead atoms. The molecule has 0 fully saturated rings. The van der Waals surface area contributed by atoms with Crippen molar-refractivity contribution in [2.24, 2.45) is 0 Å². The predicted molar refractivity (Wildman–Crippen MR) is 54.7 cm³/mol. The molecule has 3 nitrogen and oxygen atoms in total. The quantitative estimate of drug-likeness (QED) is 0.641. The Kier molecular flexibility index (Phi) is 3.85. The van der Waals surface area contributed by atoms with E-state index in [0.717, 1.165) is 13.2 Å². The van der Waals surface area contributed by atoms with Gasteiger partial charge in [-0.3, -0.25) is 0 Å². The first-order valence-corrected chi connectivity index (χ1v) is 4.60. The van der Waals surface area contributed by atoms with E-state index in [4.69, 9.17) is 5.26 Å². The van der Waals surface area contributed by atoms with Crippen molar-refractivity contribution in [1.29, 1.82) is 5.26 Å². The number of rotatable bonds is 2. The number of carbonyl (C=O) groups excluding carboxylic acids is 1. The summed E-state index contributed by atoms with van der Waals surface area (Å²) >= 11 is 3.82. The molecule has 1 aromatic carbocycles. The Hall–Kier alpha value is -1.61. The molecule has 16 heavy (non-hydrogen) atoms. The topological polar surface area (TPSA) is 50.1 Å². The van der Waals surface area contributed by atoms with Crippen molar-refractivity contribution in [3.63, 3.8) is 0 Å². The van der Waals surface area contributed by atoms with Crippen LogP contribution in [0.25, 0.3) is 0 Å². The number of nitrogens with zero attached hydrogens (tertiary/aromatic N) is 1. The number of carbonyl (C=O) groups is 1. The average molecular weight is 243 g/mol.